The van der Waals surface area contributed by atoms with Crippen molar-refractivity contribution < 1.29 is 4.79 Å². The van der Waals surface area contributed by atoms with Crippen LogP contribution in [0.4, 0.5) is 0 Å². The SMILES string of the molecule is O=C(CN1CCCC2CNCC21)N1CCC1. The molecule has 0 aromatic rings. The number of nitrogens with zero attached hydrogens (tertiary/aromatic N) is 2. The molecule has 1 N–H and O–H groups in total. The largest absolute Gasteiger partial charge is 0.341 e. The molecule has 90 valence electrons. The Kier molecular flexibility index (Phi) is 2.86. The van der Waals surface area contributed by atoms with Gasteiger partial charge in [0, 0.05) is 25.7 Å². The molecule has 0 bridgehead atoms. The van der Waals surface area contributed by atoms with Crippen molar-refractivity contribution >= 4 is 5.91 Å². The second kappa shape index (κ2) is 4.34. The van der Waals surface area contributed by atoms with Gasteiger partial charge >= 0.3 is 0 Å². The summed E-state index contributed by atoms with van der Waals surface area (Å²) in [6, 6.07) is 0.624. The van der Waals surface area contributed by atoms with Crippen LogP contribution in [0, 0.1) is 5.92 Å². The Morgan fingerprint density at radius 3 is 2.81 bits per heavy atom. The van der Waals surface area contributed by atoms with E-state index in [0.717, 1.165) is 38.6 Å². The molecule has 3 fully saturated rings. The number of carbonyl (C=O) groups is 1. The molecule has 0 saturated carbocycles. The Balaban J connectivity index is 1.58. The Hall–Kier alpha value is -0.610. The third-order valence-electron chi connectivity index (χ3n) is 4.34. The minimum atomic E-state index is 0.346. The maximum atomic E-state index is 11.9. The van der Waals surface area contributed by atoms with Gasteiger partial charge in [0.15, 0.2) is 0 Å². The van der Waals surface area contributed by atoms with Crippen LogP contribution in [0.3, 0.4) is 0 Å². The lowest BCUT2D eigenvalue weighted by Crippen LogP contribution is -2.52. The van der Waals surface area contributed by atoms with Gasteiger partial charge in [-0.15, -0.1) is 0 Å². The second-order valence-corrected chi connectivity index (χ2v) is 5.33. The summed E-state index contributed by atoms with van der Waals surface area (Å²) in [6.45, 7) is 5.97. The summed E-state index contributed by atoms with van der Waals surface area (Å²) in [5, 5.41) is 3.46. The maximum absolute atomic E-state index is 11.9. The number of likely N-dealkylation sites (tertiary alicyclic amines) is 2. The number of piperidine rings is 1. The average Bonchev–Trinajstić information content (AvgIpc) is 2.63. The van der Waals surface area contributed by atoms with E-state index in [1.807, 2.05) is 4.90 Å². The molecule has 3 aliphatic heterocycles. The highest BCUT2D eigenvalue weighted by Crippen LogP contribution is 2.26. The maximum Gasteiger partial charge on any atom is 0.236 e. The van der Waals surface area contributed by atoms with Crippen molar-refractivity contribution in [2.45, 2.75) is 25.3 Å². The highest BCUT2D eigenvalue weighted by molar-refractivity contribution is 5.79. The van der Waals surface area contributed by atoms with Crippen LogP contribution in [0.1, 0.15) is 19.3 Å². The molecule has 3 saturated heterocycles. The molecule has 1 amide bonds. The van der Waals surface area contributed by atoms with E-state index in [-0.39, 0.29) is 0 Å². The number of hydrogen-bond acceptors (Lipinski definition) is 3. The molecule has 0 spiro atoms. The molecule has 4 heteroatoms. The van der Waals surface area contributed by atoms with Gasteiger partial charge < -0.3 is 10.2 Å². The first-order chi connectivity index (χ1) is 7.84. The fourth-order valence-corrected chi connectivity index (χ4v) is 3.20. The third-order valence-corrected chi connectivity index (χ3v) is 4.34. The van der Waals surface area contributed by atoms with Crippen LogP contribution in [0.15, 0.2) is 0 Å². The van der Waals surface area contributed by atoms with Crippen LogP contribution >= 0.6 is 0 Å². The lowest BCUT2D eigenvalue weighted by atomic mass is 9.92. The molecule has 2 atom stereocenters. The summed E-state index contributed by atoms with van der Waals surface area (Å²) in [7, 11) is 0. The van der Waals surface area contributed by atoms with Crippen molar-refractivity contribution in [3.05, 3.63) is 0 Å². The lowest BCUT2D eigenvalue weighted by Gasteiger charge is -2.39. The van der Waals surface area contributed by atoms with Crippen LogP contribution in [-0.4, -0.2) is 61.0 Å². The van der Waals surface area contributed by atoms with E-state index in [0.29, 0.717) is 18.5 Å². The molecule has 0 aromatic carbocycles. The molecule has 3 aliphatic rings. The van der Waals surface area contributed by atoms with Crippen LogP contribution in [0.5, 0.6) is 0 Å². The number of carbonyl (C=O) groups excluding carboxylic acids is 1. The minimum Gasteiger partial charge on any atom is -0.341 e. The average molecular weight is 223 g/mol. The number of hydrogen-bond donors (Lipinski definition) is 1. The van der Waals surface area contributed by atoms with E-state index in [4.69, 9.17) is 0 Å². The summed E-state index contributed by atoms with van der Waals surface area (Å²) < 4.78 is 0. The molecule has 2 unspecified atom stereocenters. The van der Waals surface area contributed by atoms with E-state index < -0.39 is 0 Å². The summed E-state index contributed by atoms with van der Waals surface area (Å²) in [6.07, 6.45) is 3.79. The van der Waals surface area contributed by atoms with Crippen LogP contribution < -0.4 is 5.32 Å². The van der Waals surface area contributed by atoms with E-state index in [2.05, 4.69) is 10.2 Å². The van der Waals surface area contributed by atoms with Crippen LogP contribution in [0.2, 0.25) is 0 Å². The Bertz CT molecular complexity index is 277. The Labute approximate surface area is 97.0 Å². The van der Waals surface area contributed by atoms with Gasteiger partial charge in [-0.25, -0.2) is 0 Å². The van der Waals surface area contributed by atoms with Crippen molar-refractivity contribution in [1.29, 1.82) is 0 Å². The number of nitrogens with one attached hydrogen (secondary N) is 1. The third kappa shape index (κ3) is 1.84. The zero-order valence-electron chi connectivity index (χ0n) is 9.82. The van der Waals surface area contributed by atoms with Crippen molar-refractivity contribution in [1.82, 2.24) is 15.1 Å². The number of amides is 1. The first-order valence-corrected chi connectivity index (χ1v) is 6.57. The van der Waals surface area contributed by atoms with Gasteiger partial charge in [-0.2, -0.15) is 0 Å². The fraction of sp³-hybridized carbons (Fsp3) is 0.917. The summed E-state index contributed by atoms with van der Waals surface area (Å²) in [4.78, 5) is 16.3. The van der Waals surface area contributed by atoms with Crippen molar-refractivity contribution in [2.75, 3.05) is 39.3 Å². The van der Waals surface area contributed by atoms with Gasteiger partial charge in [0.25, 0.3) is 0 Å². The topological polar surface area (TPSA) is 35.6 Å². The normalized spacial score (nSPS) is 34.6. The Morgan fingerprint density at radius 2 is 2.06 bits per heavy atom. The molecule has 4 nitrogen and oxygen atoms in total. The smallest absolute Gasteiger partial charge is 0.236 e. The molecule has 0 radical (unpaired) electrons. The molecular formula is C12H21N3O. The van der Waals surface area contributed by atoms with E-state index in [9.17, 15) is 4.79 Å². The van der Waals surface area contributed by atoms with Gasteiger partial charge in [-0.3, -0.25) is 9.69 Å². The summed E-state index contributed by atoms with van der Waals surface area (Å²) in [5.74, 6) is 1.14. The first-order valence-electron chi connectivity index (χ1n) is 6.57. The van der Waals surface area contributed by atoms with E-state index in [1.54, 1.807) is 0 Å². The molecule has 3 heterocycles. The second-order valence-electron chi connectivity index (χ2n) is 5.33. The fourth-order valence-electron chi connectivity index (χ4n) is 3.20. The Morgan fingerprint density at radius 1 is 1.19 bits per heavy atom. The summed E-state index contributed by atoms with van der Waals surface area (Å²) in [5.41, 5.74) is 0. The monoisotopic (exact) mass is 223 g/mol. The van der Waals surface area contributed by atoms with E-state index in [1.165, 1.54) is 19.3 Å². The van der Waals surface area contributed by atoms with Gasteiger partial charge in [0.2, 0.25) is 5.91 Å². The standard InChI is InChI=1S/C12H21N3O/c16-12(14-5-2-6-14)9-15-4-1-3-10-7-13-8-11(10)15/h10-11,13H,1-9H2. The molecule has 16 heavy (non-hydrogen) atoms. The zero-order valence-corrected chi connectivity index (χ0v) is 9.82. The predicted octanol–water partition coefficient (Wildman–Crippen LogP) is -0.0975. The summed E-state index contributed by atoms with van der Waals surface area (Å²) >= 11 is 0. The van der Waals surface area contributed by atoms with Crippen molar-refractivity contribution in [2.24, 2.45) is 5.92 Å². The van der Waals surface area contributed by atoms with Gasteiger partial charge in [-0.05, 0) is 38.3 Å². The van der Waals surface area contributed by atoms with Gasteiger partial charge in [0.1, 0.15) is 0 Å². The van der Waals surface area contributed by atoms with Gasteiger partial charge in [-0.1, -0.05) is 0 Å². The zero-order chi connectivity index (χ0) is 11.0. The molecule has 0 aromatic heterocycles. The molecule has 0 aliphatic carbocycles. The number of rotatable bonds is 2. The van der Waals surface area contributed by atoms with Crippen LogP contribution in [-0.2, 0) is 4.79 Å². The lowest BCUT2D eigenvalue weighted by molar-refractivity contribution is -0.136. The highest BCUT2D eigenvalue weighted by Gasteiger charge is 2.36. The predicted molar refractivity (Wildman–Crippen MR) is 62.2 cm³/mol. The molecule has 3 rings (SSSR count). The minimum absolute atomic E-state index is 0.346. The number of fused-ring (bicyclic) bond motifs is 1. The van der Waals surface area contributed by atoms with Crippen LogP contribution in [0.25, 0.3) is 0 Å². The first kappa shape index (κ1) is 10.5. The van der Waals surface area contributed by atoms with E-state index >= 15 is 0 Å². The van der Waals surface area contributed by atoms with Gasteiger partial charge in [0.05, 0.1) is 6.54 Å². The molecular weight excluding hydrogens is 202 g/mol. The highest BCUT2D eigenvalue weighted by atomic mass is 16.2. The van der Waals surface area contributed by atoms with Crippen molar-refractivity contribution in [3.8, 4) is 0 Å². The quantitative estimate of drug-likeness (QED) is 0.710. The van der Waals surface area contributed by atoms with Crippen molar-refractivity contribution in [3.63, 3.8) is 0 Å².